The molecule has 0 aliphatic carbocycles. The highest BCUT2D eigenvalue weighted by Crippen LogP contribution is 2.31. The zero-order valence-corrected chi connectivity index (χ0v) is 10.1. The Morgan fingerprint density at radius 2 is 2.18 bits per heavy atom. The van der Waals surface area contributed by atoms with Crippen molar-refractivity contribution in [2.24, 2.45) is 0 Å². The summed E-state index contributed by atoms with van der Waals surface area (Å²) in [5, 5.41) is 17.5. The van der Waals surface area contributed by atoms with Gasteiger partial charge in [0.05, 0.1) is 7.11 Å². The summed E-state index contributed by atoms with van der Waals surface area (Å²) in [5.74, 6) is 1.35. The van der Waals surface area contributed by atoms with E-state index in [-0.39, 0.29) is 11.7 Å². The van der Waals surface area contributed by atoms with Gasteiger partial charge in [0.1, 0.15) is 23.8 Å². The van der Waals surface area contributed by atoms with Gasteiger partial charge in [-0.3, -0.25) is 0 Å². The van der Waals surface area contributed by atoms with Gasteiger partial charge in [-0.2, -0.15) is 5.26 Å². The van der Waals surface area contributed by atoms with Crippen LogP contribution in [0.15, 0.2) is 30.2 Å². The molecule has 17 heavy (non-hydrogen) atoms. The van der Waals surface area contributed by atoms with Gasteiger partial charge >= 0.3 is 0 Å². The van der Waals surface area contributed by atoms with Crippen LogP contribution in [0.4, 0.5) is 0 Å². The van der Waals surface area contributed by atoms with Crippen LogP contribution in [0.5, 0.6) is 11.5 Å². The lowest BCUT2D eigenvalue weighted by molar-refractivity contribution is 0.384. The molecule has 0 atom stereocenters. The average molecular weight is 233 g/mol. The van der Waals surface area contributed by atoms with Crippen molar-refractivity contribution in [2.75, 3.05) is 7.11 Å². The van der Waals surface area contributed by atoms with Crippen molar-refractivity contribution in [1.29, 1.82) is 5.26 Å². The van der Waals surface area contributed by atoms with Crippen molar-refractivity contribution in [2.45, 2.75) is 19.8 Å². The smallest absolute Gasteiger partial charge is 0.237 e. The summed E-state index contributed by atoms with van der Waals surface area (Å²) in [7, 11) is 1.59. The Hall–Kier alpha value is -2.15. The van der Waals surface area contributed by atoms with E-state index in [2.05, 4.69) is 0 Å². The maximum Gasteiger partial charge on any atom is 0.237 e. The minimum atomic E-state index is -0.142. The molecule has 0 amide bonds. The van der Waals surface area contributed by atoms with E-state index in [1.165, 1.54) is 0 Å². The fourth-order valence-corrected chi connectivity index (χ4v) is 1.39. The molecule has 0 heterocycles. The first-order valence-corrected chi connectivity index (χ1v) is 5.22. The van der Waals surface area contributed by atoms with E-state index in [1.807, 2.05) is 19.9 Å². The Kier molecular flexibility index (Phi) is 4.41. The van der Waals surface area contributed by atoms with Gasteiger partial charge in [0.15, 0.2) is 0 Å². The molecular weight excluding hydrogens is 218 g/mol. The van der Waals surface area contributed by atoms with E-state index >= 15 is 0 Å². The molecule has 0 fully saturated rings. The summed E-state index contributed by atoms with van der Waals surface area (Å²) in [6, 6.07) is 7.07. The highest BCUT2D eigenvalue weighted by molar-refractivity contribution is 5.43. The van der Waals surface area contributed by atoms with Crippen LogP contribution in [0, 0.1) is 11.3 Å². The number of aliphatic hydroxyl groups is 1. The Morgan fingerprint density at radius 3 is 2.65 bits per heavy atom. The number of hydrogen-bond donors (Lipinski definition) is 1. The van der Waals surface area contributed by atoms with Crippen LogP contribution < -0.4 is 9.47 Å². The van der Waals surface area contributed by atoms with Crippen molar-refractivity contribution in [3.63, 3.8) is 0 Å². The van der Waals surface area contributed by atoms with Crippen molar-refractivity contribution >= 4 is 0 Å². The van der Waals surface area contributed by atoms with Gasteiger partial charge in [-0.1, -0.05) is 13.8 Å². The number of rotatable bonds is 4. The predicted octanol–water partition coefficient (Wildman–Crippen LogP) is 3.12. The van der Waals surface area contributed by atoms with E-state index in [9.17, 15) is 0 Å². The maximum atomic E-state index is 8.78. The first-order chi connectivity index (χ1) is 8.12. The third kappa shape index (κ3) is 3.15. The molecule has 0 saturated carbocycles. The molecule has 90 valence electrons. The summed E-state index contributed by atoms with van der Waals surface area (Å²) in [6.45, 7) is 4.02. The van der Waals surface area contributed by atoms with Crippen LogP contribution in [0.25, 0.3) is 0 Å². The third-order valence-electron chi connectivity index (χ3n) is 2.29. The third-order valence-corrected chi connectivity index (χ3v) is 2.29. The monoisotopic (exact) mass is 233 g/mol. The fourth-order valence-electron chi connectivity index (χ4n) is 1.39. The highest BCUT2D eigenvalue weighted by Gasteiger charge is 2.11. The Labute approximate surface area is 101 Å². The van der Waals surface area contributed by atoms with Crippen LogP contribution in [0.1, 0.15) is 25.3 Å². The molecule has 1 rings (SSSR count). The lowest BCUT2D eigenvalue weighted by Crippen LogP contribution is -1.99. The van der Waals surface area contributed by atoms with Gasteiger partial charge in [0, 0.05) is 5.56 Å². The summed E-state index contributed by atoms with van der Waals surface area (Å²) in [5.41, 5.74) is 0.916. The van der Waals surface area contributed by atoms with Gasteiger partial charge in [-0.25, -0.2) is 0 Å². The zero-order valence-electron chi connectivity index (χ0n) is 10.1. The van der Waals surface area contributed by atoms with Gasteiger partial charge in [0.2, 0.25) is 5.76 Å². The number of allylic oxidation sites excluding steroid dienone is 1. The number of nitrogens with zero attached hydrogens (tertiary/aromatic N) is 1. The highest BCUT2D eigenvalue weighted by atomic mass is 16.5. The fraction of sp³-hybridized carbons (Fsp3) is 0.308. The van der Waals surface area contributed by atoms with Gasteiger partial charge in [-0.15, -0.1) is 0 Å². The second-order valence-corrected chi connectivity index (χ2v) is 3.77. The molecule has 1 aromatic carbocycles. The number of ether oxygens (including phenoxy) is 2. The number of hydrogen-bond acceptors (Lipinski definition) is 4. The minimum absolute atomic E-state index is 0.142. The number of methoxy groups -OCH3 is 1. The first-order valence-electron chi connectivity index (χ1n) is 5.22. The van der Waals surface area contributed by atoms with Crippen LogP contribution in [-0.2, 0) is 0 Å². The summed E-state index contributed by atoms with van der Waals surface area (Å²) in [4.78, 5) is 0. The molecule has 4 nitrogen and oxygen atoms in total. The second kappa shape index (κ2) is 5.80. The summed E-state index contributed by atoms with van der Waals surface area (Å²) >= 11 is 0. The Balaban J connectivity index is 3.11. The molecule has 0 saturated heterocycles. The maximum absolute atomic E-state index is 8.78. The van der Waals surface area contributed by atoms with Crippen molar-refractivity contribution in [3.05, 3.63) is 35.8 Å². The molecule has 0 radical (unpaired) electrons. The Morgan fingerprint density at radius 1 is 1.47 bits per heavy atom. The van der Waals surface area contributed by atoms with E-state index in [4.69, 9.17) is 19.8 Å². The average Bonchev–Trinajstić information content (AvgIpc) is 2.35. The Bertz CT molecular complexity index is 458. The summed E-state index contributed by atoms with van der Waals surface area (Å²) < 4.78 is 10.4. The van der Waals surface area contributed by atoms with Crippen LogP contribution in [-0.4, -0.2) is 12.2 Å². The number of nitriles is 1. The SMILES string of the molecule is COc1ccc(O/C(C#N)=C/O)c(C(C)C)c1. The standard InChI is InChI=1S/C13H15NO3/c1-9(2)12-6-10(16-3)4-5-13(12)17-11(7-14)8-15/h4-6,8-9,15H,1-3H3/b11-8+. The van der Waals surface area contributed by atoms with Gasteiger partial charge < -0.3 is 14.6 Å². The van der Waals surface area contributed by atoms with Crippen LogP contribution in [0.2, 0.25) is 0 Å². The normalized spacial score (nSPS) is 11.1. The van der Waals surface area contributed by atoms with Crippen molar-refractivity contribution in [3.8, 4) is 17.6 Å². The molecule has 4 heteroatoms. The van der Waals surface area contributed by atoms with E-state index in [0.717, 1.165) is 11.3 Å². The summed E-state index contributed by atoms with van der Waals surface area (Å²) in [6.07, 6.45) is 0.647. The lowest BCUT2D eigenvalue weighted by atomic mass is 10.0. The van der Waals surface area contributed by atoms with Gasteiger partial charge in [-0.05, 0) is 24.1 Å². The van der Waals surface area contributed by atoms with E-state index in [0.29, 0.717) is 12.0 Å². The van der Waals surface area contributed by atoms with Gasteiger partial charge in [0.25, 0.3) is 0 Å². The molecule has 0 aliphatic rings. The molecule has 0 aliphatic heterocycles. The molecule has 0 spiro atoms. The quantitative estimate of drug-likeness (QED) is 0.641. The first kappa shape index (κ1) is 12.9. The van der Waals surface area contributed by atoms with Crippen LogP contribution >= 0.6 is 0 Å². The molecule has 0 aromatic heterocycles. The van der Waals surface area contributed by atoms with Crippen molar-refractivity contribution < 1.29 is 14.6 Å². The molecule has 0 bridgehead atoms. The second-order valence-electron chi connectivity index (χ2n) is 3.77. The molecule has 1 aromatic rings. The molecular formula is C13H15NO3. The molecule has 1 N–H and O–H groups in total. The van der Waals surface area contributed by atoms with Crippen molar-refractivity contribution in [1.82, 2.24) is 0 Å². The van der Waals surface area contributed by atoms with Crippen LogP contribution in [0.3, 0.4) is 0 Å². The number of benzene rings is 1. The topological polar surface area (TPSA) is 62.5 Å². The largest absolute Gasteiger partial charge is 0.511 e. The minimum Gasteiger partial charge on any atom is -0.511 e. The molecule has 0 unspecified atom stereocenters. The van der Waals surface area contributed by atoms with E-state index in [1.54, 1.807) is 25.3 Å². The lowest BCUT2D eigenvalue weighted by Gasteiger charge is -2.14. The predicted molar refractivity (Wildman–Crippen MR) is 64.0 cm³/mol. The number of aliphatic hydroxyl groups excluding tert-OH is 1. The van der Waals surface area contributed by atoms with E-state index < -0.39 is 0 Å². The zero-order chi connectivity index (χ0) is 12.8.